The molecule has 0 fully saturated rings. The second-order valence-corrected chi connectivity index (χ2v) is 3.68. The summed E-state index contributed by atoms with van der Waals surface area (Å²) in [6, 6.07) is 5.93. The first-order chi connectivity index (χ1) is 7.04. The van der Waals surface area contributed by atoms with Crippen LogP contribution in [0, 0.1) is 13.8 Å². The number of carboxylic acid groups (broad SMARTS) is 1. The highest BCUT2D eigenvalue weighted by molar-refractivity contribution is 5.67. The van der Waals surface area contributed by atoms with E-state index in [1.54, 1.807) is 0 Å². The number of aliphatic carboxylic acids is 1. The maximum atomic E-state index is 10.6. The summed E-state index contributed by atoms with van der Waals surface area (Å²) in [5.74, 6) is -0.846. The van der Waals surface area contributed by atoms with Crippen molar-refractivity contribution in [2.75, 3.05) is 7.11 Å². The van der Waals surface area contributed by atoms with Gasteiger partial charge in [-0.05, 0) is 25.0 Å². The fraction of sp³-hybridized carbons (Fsp3) is 0.417. The molecule has 0 spiro atoms. The van der Waals surface area contributed by atoms with Crippen molar-refractivity contribution in [3.63, 3.8) is 0 Å². The number of benzene rings is 1. The molecule has 1 unspecified atom stereocenters. The van der Waals surface area contributed by atoms with Crippen LogP contribution in [-0.4, -0.2) is 18.2 Å². The first-order valence-corrected chi connectivity index (χ1v) is 4.86. The highest BCUT2D eigenvalue weighted by Gasteiger charge is 2.16. The van der Waals surface area contributed by atoms with Crippen molar-refractivity contribution in [1.29, 1.82) is 0 Å². The molecule has 0 radical (unpaired) electrons. The highest BCUT2D eigenvalue weighted by atomic mass is 16.5. The maximum Gasteiger partial charge on any atom is 0.306 e. The molecule has 1 atom stereocenters. The van der Waals surface area contributed by atoms with Gasteiger partial charge in [0.25, 0.3) is 0 Å². The topological polar surface area (TPSA) is 46.5 Å². The summed E-state index contributed by atoms with van der Waals surface area (Å²) in [5.41, 5.74) is 3.19. The maximum absolute atomic E-state index is 10.6. The number of ether oxygens (including phenoxy) is 1. The number of hydrogen-bond acceptors (Lipinski definition) is 2. The Morgan fingerprint density at radius 3 is 2.60 bits per heavy atom. The summed E-state index contributed by atoms with van der Waals surface area (Å²) in [6.45, 7) is 3.98. The molecule has 1 aromatic carbocycles. The van der Waals surface area contributed by atoms with Crippen molar-refractivity contribution in [1.82, 2.24) is 0 Å². The fourth-order valence-electron chi connectivity index (χ4n) is 1.67. The quantitative estimate of drug-likeness (QED) is 0.826. The summed E-state index contributed by atoms with van der Waals surface area (Å²) in [5, 5.41) is 8.74. The Labute approximate surface area is 89.7 Å². The number of carboxylic acids is 1. The second kappa shape index (κ2) is 4.94. The molecule has 0 saturated heterocycles. The molecule has 0 bridgehead atoms. The zero-order valence-electron chi connectivity index (χ0n) is 9.28. The van der Waals surface area contributed by atoms with Gasteiger partial charge in [0, 0.05) is 7.11 Å². The molecular weight excluding hydrogens is 192 g/mol. The van der Waals surface area contributed by atoms with E-state index in [4.69, 9.17) is 9.84 Å². The van der Waals surface area contributed by atoms with Crippen molar-refractivity contribution in [3.05, 3.63) is 34.9 Å². The molecule has 3 nitrogen and oxygen atoms in total. The molecule has 0 aliphatic rings. The molecule has 3 heteroatoms. The molecule has 1 rings (SSSR count). The first-order valence-electron chi connectivity index (χ1n) is 4.86. The van der Waals surface area contributed by atoms with Gasteiger partial charge in [-0.1, -0.05) is 23.8 Å². The predicted octanol–water partition coefficient (Wildman–Crippen LogP) is 2.47. The Bertz CT molecular complexity index is 358. The molecule has 0 aliphatic carbocycles. The molecule has 15 heavy (non-hydrogen) atoms. The Morgan fingerprint density at radius 2 is 2.13 bits per heavy atom. The van der Waals surface area contributed by atoms with E-state index in [9.17, 15) is 4.79 Å². The molecule has 0 saturated carbocycles. The number of hydrogen-bond donors (Lipinski definition) is 1. The van der Waals surface area contributed by atoms with Gasteiger partial charge < -0.3 is 9.84 Å². The lowest BCUT2D eigenvalue weighted by atomic mass is 9.99. The lowest BCUT2D eigenvalue weighted by molar-refractivity contribution is -0.139. The number of methoxy groups -OCH3 is 1. The average Bonchev–Trinajstić information content (AvgIpc) is 2.14. The summed E-state index contributed by atoms with van der Waals surface area (Å²) in [4.78, 5) is 10.6. The largest absolute Gasteiger partial charge is 0.481 e. The third kappa shape index (κ3) is 3.06. The third-order valence-electron chi connectivity index (χ3n) is 2.42. The minimum Gasteiger partial charge on any atom is -0.481 e. The molecular formula is C12H16O3. The van der Waals surface area contributed by atoms with Crippen LogP contribution < -0.4 is 0 Å². The minimum atomic E-state index is -0.846. The molecule has 0 heterocycles. The Kier molecular flexibility index (Phi) is 3.86. The van der Waals surface area contributed by atoms with Crippen LogP contribution in [0.15, 0.2) is 18.2 Å². The van der Waals surface area contributed by atoms with Gasteiger partial charge >= 0.3 is 5.97 Å². The van der Waals surface area contributed by atoms with Gasteiger partial charge in [0.2, 0.25) is 0 Å². The Morgan fingerprint density at radius 1 is 1.47 bits per heavy atom. The molecule has 82 valence electrons. The van der Waals surface area contributed by atoms with Crippen LogP contribution in [0.2, 0.25) is 0 Å². The smallest absolute Gasteiger partial charge is 0.306 e. The van der Waals surface area contributed by atoms with Gasteiger partial charge in [-0.15, -0.1) is 0 Å². The van der Waals surface area contributed by atoms with Gasteiger partial charge in [-0.25, -0.2) is 0 Å². The monoisotopic (exact) mass is 208 g/mol. The van der Waals surface area contributed by atoms with Crippen LogP contribution in [-0.2, 0) is 9.53 Å². The fourth-order valence-corrected chi connectivity index (χ4v) is 1.67. The van der Waals surface area contributed by atoms with Crippen LogP contribution in [0.4, 0.5) is 0 Å². The number of rotatable bonds is 4. The predicted molar refractivity (Wildman–Crippen MR) is 57.9 cm³/mol. The van der Waals surface area contributed by atoms with Gasteiger partial charge in [0.05, 0.1) is 12.5 Å². The van der Waals surface area contributed by atoms with E-state index in [0.717, 1.165) is 11.1 Å². The summed E-state index contributed by atoms with van der Waals surface area (Å²) >= 11 is 0. The molecule has 0 aliphatic heterocycles. The van der Waals surface area contributed by atoms with E-state index >= 15 is 0 Å². The Hall–Kier alpha value is -1.35. The summed E-state index contributed by atoms with van der Waals surface area (Å²) < 4.78 is 5.19. The van der Waals surface area contributed by atoms with Crippen LogP contribution in [0.3, 0.4) is 0 Å². The van der Waals surface area contributed by atoms with Gasteiger partial charge in [-0.2, -0.15) is 0 Å². The highest BCUT2D eigenvalue weighted by Crippen LogP contribution is 2.24. The van der Waals surface area contributed by atoms with Gasteiger partial charge in [-0.3, -0.25) is 4.79 Å². The zero-order chi connectivity index (χ0) is 11.4. The van der Waals surface area contributed by atoms with E-state index in [1.165, 1.54) is 12.7 Å². The number of carbonyl (C=O) groups is 1. The van der Waals surface area contributed by atoms with E-state index < -0.39 is 5.97 Å². The van der Waals surface area contributed by atoms with Gasteiger partial charge in [0.15, 0.2) is 0 Å². The summed E-state index contributed by atoms with van der Waals surface area (Å²) in [7, 11) is 1.53. The van der Waals surface area contributed by atoms with Crippen molar-refractivity contribution < 1.29 is 14.6 Å². The lowest BCUT2D eigenvalue weighted by Crippen LogP contribution is -2.09. The zero-order valence-corrected chi connectivity index (χ0v) is 9.28. The summed E-state index contributed by atoms with van der Waals surface area (Å²) in [6.07, 6.45) is -0.358. The third-order valence-corrected chi connectivity index (χ3v) is 2.42. The SMILES string of the molecule is COC(CC(=O)O)c1ccc(C)cc1C. The van der Waals surface area contributed by atoms with Crippen LogP contribution >= 0.6 is 0 Å². The van der Waals surface area contributed by atoms with E-state index in [1.807, 2.05) is 32.0 Å². The molecule has 0 amide bonds. The van der Waals surface area contributed by atoms with E-state index in [2.05, 4.69) is 0 Å². The Balaban J connectivity index is 2.96. The lowest BCUT2D eigenvalue weighted by Gasteiger charge is -2.16. The number of aryl methyl sites for hydroxylation is 2. The van der Waals surface area contributed by atoms with E-state index in [0.29, 0.717) is 0 Å². The van der Waals surface area contributed by atoms with Gasteiger partial charge in [0.1, 0.15) is 0 Å². The van der Waals surface area contributed by atoms with Crippen LogP contribution in [0.1, 0.15) is 29.2 Å². The van der Waals surface area contributed by atoms with Crippen LogP contribution in [0.5, 0.6) is 0 Å². The first kappa shape index (κ1) is 11.7. The molecule has 1 aromatic rings. The average molecular weight is 208 g/mol. The second-order valence-electron chi connectivity index (χ2n) is 3.68. The van der Waals surface area contributed by atoms with Crippen molar-refractivity contribution in [3.8, 4) is 0 Å². The molecule has 0 aromatic heterocycles. The van der Waals surface area contributed by atoms with Crippen LogP contribution in [0.25, 0.3) is 0 Å². The minimum absolute atomic E-state index is 0.000398. The standard InChI is InChI=1S/C12H16O3/c1-8-4-5-10(9(2)6-8)11(15-3)7-12(13)14/h4-6,11H,7H2,1-3H3,(H,13,14). The van der Waals surface area contributed by atoms with Crippen molar-refractivity contribution >= 4 is 5.97 Å². The molecule has 1 N–H and O–H groups in total. The van der Waals surface area contributed by atoms with Crippen molar-refractivity contribution in [2.45, 2.75) is 26.4 Å². The van der Waals surface area contributed by atoms with Crippen molar-refractivity contribution in [2.24, 2.45) is 0 Å². The normalized spacial score (nSPS) is 12.5. The van der Waals surface area contributed by atoms with E-state index in [-0.39, 0.29) is 12.5 Å².